The Bertz CT molecular complexity index is 440. The molecule has 0 saturated heterocycles. The van der Waals surface area contributed by atoms with Crippen LogP contribution in [0.5, 0.6) is 0 Å². The third kappa shape index (κ3) is 5.09. The molecule has 0 heterocycles. The Hall–Kier alpha value is -0.650. The first kappa shape index (κ1) is 16.4. The van der Waals surface area contributed by atoms with Gasteiger partial charge in [-0.05, 0) is 31.9 Å². The molecule has 0 bridgehead atoms. The van der Waals surface area contributed by atoms with Crippen molar-refractivity contribution in [1.29, 1.82) is 0 Å². The van der Waals surface area contributed by atoms with Gasteiger partial charge in [-0.3, -0.25) is 0 Å². The third-order valence-corrected chi connectivity index (χ3v) is 4.51. The van der Waals surface area contributed by atoms with Crippen molar-refractivity contribution in [2.75, 3.05) is 6.54 Å². The molecule has 110 valence electrons. The van der Waals surface area contributed by atoms with E-state index in [1.807, 2.05) is 6.08 Å². The largest absolute Gasteiger partial charge is 0.308 e. The van der Waals surface area contributed by atoms with Gasteiger partial charge in [-0.15, -0.1) is 0 Å². The summed E-state index contributed by atoms with van der Waals surface area (Å²) >= 11 is 0. The van der Waals surface area contributed by atoms with Crippen LogP contribution in [0.3, 0.4) is 0 Å². The molecule has 19 heavy (non-hydrogen) atoms. The lowest BCUT2D eigenvalue weighted by atomic mass is 9.86. The topological polar surface area (TPSA) is 72.2 Å². The lowest BCUT2D eigenvalue weighted by Crippen LogP contribution is -2.44. The molecule has 4 nitrogen and oxygen atoms in total. The molecule has 5 heteroatoms. The number of nitrogens with two attached hydrogens (primary N) is 1. The highest BCUT2D eigenvalue weighted by atomic mass is 32.2. The number of hydrogen-bond donors (Lipinski definition) is 2. The lowest BCUT2D eigenvalue weighted by Gasteiger charge is -2.33. The predicted molar refractivity (Wildman–Crippen MR) is 80.1 cm³/mol. The number of hydrogen-bond acceptors (Lipinski definition) is 3. The quantitative estimate of drug-likeness (QED) is 0.673. The van der Waals surface area contributed by atoms with Crippen LogP contribution in [-0.2, 0) is 10.0 Å². The van der Waals surface area contributed by atoms with Gasteiger partial charge in [0, 0.05) is 5.54 Å². The summed E-state index contributed by atoms with van der Waals surface area (Å²) in [6.45, 7) is 5.29. The second-order valence-electron chi connectivity index (χ2n) is 5.23. The molecule has 0 saturated carbocycles. The van der Waals surface area contributed by atoms with E-state index in [4.69, 9.17) is 5.14 Å². The third-order valence-electron chi connectivity index (χ3n) is 3.55. The summed E-state index contributed by atoms with van der Waals surface area (Å²) in [4.78, 5) is 0.233. The number of sulfonamides is 1. The summed E-state index contributed by atoms with van der Waals surface area (Å²) in [6, 6.07) is 0. The van der Waals surface area contributed by atoms with Crippen LogP contribution < -0.4 is 10.5 Å². The molecule has 1 atom stereocenters. The Morgan fingerprint density at radius 1 is 1.32 bits per heavy atom. The molecular weight excluding hydrogens is 260 g/mol. The fourth-order valence-electron chi connectivity index (χ4n) is 2.28. The van der Waals surface area contributed by atoms with Crippen molar-refractivity contribution in [1.82, 2.24) is 5.32 Å². The van der Waals surface area contributed by atoms with E-state index in [-0.39, 0.29) is 10.4 Å². The lowest BCUT2D eigenvalue weighted by molar-refractivity contribution is 0.361. The SMILES string of the molecule is CCCCNC1(CCCC)C=CC(S(N)(=O)=O)=CC1. The van der Waals surface area contributed by atoms with Crippen molar-refractivity contribution >= 4 is 10.0 Å². The van der Waals surface area contributed by atoms with Crippen molar-refractivity contribution in [2.24, 2.45) is 5.14 Å². The molecule has 1 aliphatic rings. The zero-order valence-corrected chi connectivity index (χ0v) is 12.8. The number of primary sulfonamides is 1. The summed E-state index contributed by atoms with van der Waals surface area (Å²) in [5.74, 6) is 0. The van der Waals surface area contributed by atoms with Gasteiger partial charge in [0.2, 0.25) is 10.0 Å². The van der Waals surface area contributed by atoms with Crippen molar-refractivity contribution in [3.63, 3.8) is 0 Å². The second-order valence-corrected chi connectivity index (χ2v) is 6.79. The first-order valence-corrected chi connectivity index (χ1v) is 8.65. The maximum atomic E-state index is 11.3. The van der Waals surface area contributed by atoms with Crippen molar-refractivity contribution < 1.29 is 8.42 Å². The fraction of sp³-hybridized carbons (Fsp3) is 0.714. The van der Waals surface area contributed by atoms with Gasteiger partial charge >= 0.3 is 0 Å². The van der Waals surface area contributed by atoms with Gasteiger partial charge in [-0.2, -0.15) is 0 Å². The summed E-state index contributed by atoms with van der Waals surface area (Å²) in [7, 11) is -3.58. The molecular formula is C14H26N2O2S. The number of allylic oxidation sites excluding steroid dienone is 1. The first-order valence-electron chi connectivity index (χ1n) is 7.11. The molecule has 0 aromatic rings. The zero-order valence-electron chi connectivity index (χ0n) is 12.0. The standard InChI is InChI=1S/C14H26N2O2S/c1-3-5-9-14(16-12-6-4-2)10-7-13(8-11-14)19(15,17)18/h7-8,10,16H,3-6,9,11-12H2,1-2H3,(H2,15,17,18). The molecule has 0 aromatic heterocycles. The second kappa shape index (κ2) is 7.22. The van der Waals surface area contributed by atoms with Crippen molar-refractivity contribution in [2.45, 2.75) is 57.9 Å². The van der Waals surface area contributed by atoms with Crippen LogP contribution in [0.25, 0.3) is 0 Å². The van der Waals surface area contributed by atoms with Gasteiger partial charge in [0.15, 0.2) is 0 Å². The maximum Gasteiger partial charge on any atom is 0.237 e. The Kier molecular flexibility index (Phi) is 6.23. The summed E-state index contributed by atoms with van der Waals surface area (Å²) < 4.78 is 22.6. The summed E-state index contributed by atoms with van der Waals surface area (Å²) in [5, 5.41) is 8.73. The van der Waals surface area contributed by atoms with Gasteiger partial charge in [-0.1, -0.05) is 45.3 Å². The van der Waals surface area contributed by atoms with Gasteiger partial charge in [-0.25, -0.2) is 13.6 Å². The number of nitrogens with one attached hydrogen (secondary N) is 1. The van der Waals surface area contributed by atoms with Crippen molar-refractivity contribution in [3.8, 4) is 0 Å². The number of unbranched alkanes of at least 4 members (excludes halogenated alkanes) is 2. The van der Waals surface area contributed by atoms with Crippen LogP contribution in [0.1, 0.15) is 52.4 Å². The Morgan fingerprint density at radius 2 is 2.00 bits per heavy atom. The van der Waals surface area contributed by atoms with Gasteiger partial charge in [0.1, 0.15) is 0 Å². The van der Waals surface area contributed by atoms with E-state index in [0.29, 0.717) is 6.42 Å². The van der Waals surface area contributed by atoms with Crippen LogP contribution in [-0.4, -0.2) is 20.5 Å². The van der Waals surface area contributed by atoms with Gasteiger partial charge < -0.3 is 5.32 Å². The van der Waals surface area contributed by atoms with Crippen LogP contribution in [0.2, 0.25) is 0 Å². The number of rotatable bonds is 8. The van der Waals surface area contributed by atoms with Crippen LogP contribution in [0.15, 0.2) is 23.1 Å². The van der Waals surface area contributed by atoms with Crippen LogP contribution in [0, 0.1) is 0 Å². The Balaban J connectivity index is 2.74. The fourth-order valence-corrected chi connectivity index (χ4v) is 2.86. The van der Waals surface area contributed by atoms with Crippen molar-refractivity contribution in [3.05, 3.63) is 23.1 Å². The predicted octanol–water partition coefficient (Wildman–Crippen LogP) is 2.44. The highest BCUT2D eigenvalue weighted by molar-refractivity contribution is 7.93. The Labute approximate surface area is 117 Å². The van der Waals surface area contributed by atoms with E-state index < -0.39 is 10.0 Å². The minimum Gasteiger partial charge on any atom is -0.308 e. The summed E-state index contributed by atoms with van der Waals surface area (Å²) in [5.41, 5.74) is -0.0978. The molecule has 0 aromatic carbocycles. The summed E-state index contributed by atoms with van der Waals surface area (Å²) in [6.07, 6.45) is 11.6. The first-order chi connectivity index (χ1) is 8.93. The zero-order chi connectivity index (χ0) is 14.4. The Morgan fingerprint density at radius 3 is 2.47 bits per heavy atom. The molecule has 1 unspecified atom stereocenters. The molecule has 0 fully saturated rings. The highest BCUT2D eigenvalue weighted by Gasteiger charge is 2.28. The molecule has 0 aliphatic heterocycles. The van der Waals surface area contributed by atoms with E-state index >= 15 is 0 Å². The van der Waals surface area contributed by atoms with E-state index in [1.165, 1.54) is 0 Å². The van der Waals surface area contributed by atoms with Crippen LogP contribution >= 0.6 is 0 Å². The molecule has 0 amide bonds. The normalized spacial score (nSPS) is 23.4. The van der Waals surface area contributed by atoms with E-state index in [9.17, 15) is 8.42 Å². The monoisotopic (exact) mass is 286 g/mol. The maximum absolute atomic E-state index is 11.3. The average molecular weight is 286 g/mol. The average Bonchev–Trinajstić information content (AvgIpc) is 2.36. The van der Waals surface area contributed by atoms with Crippen LogP contribution in [0.4, 0.5) is 0 Å². The molecule has 0 radical (unpaired) electrons. The molecule has 3 N–H and O–H groups in total. The minimum atomic E-state index is -3.58. The highest BCUT2D eigenvalue weighted by Crippen LogP contribution is 2.27. The van der Waals surface area contributed by atoms with Gasteiger partial charge in [0.05, 0.1) is 4.91 Å². The van der Waals surface area contributed by atoms with E-state index in [2.05, 4.69) is 19.2 Å². The molecule has 0 spiro atoms. The molecule has 1 rings (SSSR count). The van der Waals surface area contributed by atoms with E-state index in [1.54, 1.807) is 12.2 Å². The van der Waals surface area contributed by atoms with Gasteiger partial charge in [0.25, 0.3) is 0 Å². The smallest absolute Gasteiger partial charge is 0.237 e. The van der Waals surface area contributed by atoms with E-state index in [0.717, 1.165) is 38.6 Å². The molecule has 1 aliphatic carbocycles. The minimum absolute atomic E-state index is 0.0978.